The van der Waals surface area contributed by atoms with Crippen molar-refractivity contribution in [3.05, 3.63) is 64.2 Å². The van der Waals surface area contributed by atoms with Crippen LogP contribution in [0.1, 0.15) is 29.7 Å². The van der Waals surface area contributed by atoms with Crippen LogP contribution >= 0.6 is 11.6 Å². The Morgan fingerprint density at radius 1 is 1.15 bits per heavy atom. The van der Waals surface area contributed by atoms with Crippen molar-refractivity contribution in [2.24, 2.45) is 0 Å². The maximum absolute atomic E-state index is 6.04. The van der Waals surface area contributed by atoms with Gasteiger partial charge in [-0.3, -0.25) is 0 Å². The average Bonchev–Trinajstić information content (AvgIpc) is 2.45. The number of nitrogens with one attached hydrogen (secondary N) is 1. The van der Waals surface area contributed by atoms with Gasteiger partial charge in [-0.15, -0.1) is 0 Å². The zero-order valence-electron chi connectivity index (χ0n) is 12.1. The molecule has 0 bridgehead atoms. The number of aryl methyl sites for hydroxylation is 1. The summed E-state index contributed by atoms with van der Waals surface area (Å²) < 4.78 is 5.36. The lowest BCUT2D eigenvalue weighted by molar-refractivity contribution is 0.406. The lowest BCUT2D eigenvalue weighted by atomic mass is 10.1. The predicted molar refractivity (Wildman–Crippen MR) is 84.4 cm³/mol. The van der Waals surface area contributed by atoms with Crippen LogP contribution in [0.2, 0.25) is 5.02 Å². The quantitative estimate of drug-likeness (QED) is 0.874. The lowest BCUT2D eigenvalue weighted by Gasteiger charge is -2.16. The van der Waals surface area contributed by atoms with Gasteiger partial charge in [0, 0.05) is 23.2 Å². The highest BCUT2D eigenvalue weighted by Gasteiger charge is 2.08. The molecule has 0 radical (unpaired) electrons. The maximum atomic E-state index is 6.04. The zero-order valence-corrected chi connectivity index (χ0v) is 12.9. The molecular formula is C17H20ClNO. The third kappa shape index (κ3) is 3.75. The molecule has 3 heteroatoms. The maximum Gasteiger partial charge on any atom is 0.123 e. The van der Waals surface area contributed by atoms with Crippen molar-refractivity contribution in [1.29, 1.82) is 0 Å². The smallest absolute Gasteiger partial charge is 0.123 e. The number of halogens is 1. The third-order valence-corrected chi connectivity index (χ3v) is 3.65. The van der Waals surface area contributed by atoms with Crippen LogP contribution in [0.3, 0.4) is 0 Å². The van der Waals surface area contributed by atoms with E-state index in [1.807, 2.05) is 18.2 Å². The molecule has 0 spiro atoms. The van der Waals surface area contributed by atoms with Gasteiger partial charge in [-0.2, -0.15) is 0 Å². The molecular weight excluding hydrogens is 270 g/mol. The van der Waals surface area contributed by atoms with E-state index in [0.717, 1.165) is 22.9 Å². The molecule has 0 aliphatic heterocycles. The van der Waals surface area contributed by atoms with E-state index in [4.69, 9.17) is 16.3 Å². The van der Waals surface area contributed by atoms with Crippen molar-refractivity contribution in [2.75, 3.05) is 7.11 Å². The molecule has 2 rings (SSSR count). The van der Waals surface area contributed by atoms with Crippen LogP contribution in [0, 0.1) is 6.92 Å². The first-order valence-corrected chi connectivity index (χ1v) is 7.10. The van der Waals surface area contributed by atoms with Crippen LogP contribution in [0.15, 0.2) is 42.5 Å². The highest BCUT2D eigenvalue weighted by molar-refractivity contribution is 6.30. The average molecular weight is 290 g/mol. The minimum Gasteiger partial charge on any atom is -0.496 e. The fraction of sp³-hybridized carbons (Fsp3) is 0.294. The monoisotopic (exact) mass is 289 g/mol. The van der Waals surface area contributed by atoms with Gasteiger partial charge >= 0.3 is 0 Å². The van der Waals surface area contributed by atoms with Crippen molar-refractivity contribution in [1.82, 2.24) is 5.32 Å². The number of rotatable bonds is 5. The molecule has 106 valence electrons. The van der Waals surface area contributed by atoms with E-state index in [-0.39, 0.29) is 6.04 Å². The van der Waals surface area contributed by atoms with Gasteiger partial charge in [0.05, 0.1) is 7.11 Å². The first-order chi connectivity index (χ1) is 9.60. The van der Waals surface area contributed by atoms with Gasteiger partial charge in [0.15, 0.2) is 0 Å². The molecule has 2 nitrogen and oxygen atoms in total. The van der Waals surface area contributed by atoms with Crippen LogP contribution in [-0.2, 0) is 6.54 Å². The second-order valence-electron chi connectivity index (χ2n) is 4.97. The number of ether oxygens (including phenoxy) is 1. The highest BCUT2D eigenvalue weighted by atomic mass is 35.5. The number of hydrogen-bond donors (Lipinski definition) is 1. The van der Waals surface area contributed by atoms with Crippen LogP contribution in [0.5, 0.6) is 5.75 Å². The molecule has 20 heavy (non-hydrogen) atoms. The topological polar surface area (TPSA) is 21.3 Å². The molecule has 2 aromatic carbocycles. The molecule has 0 amide bonds. The summed E-state index contributed by atoms with van der Waals surface area (Å²) in [6, 6.07) is 14.5. The largest absolute Gasteiger partial charge is 0.496 e. The molecule has 0 aliphatic carbocycles. The molecule has 0 heterocycles. The fourth-order valence-corrected chi connectivity index (χ4v) is 2.32. The zero-order chi connectivity index (χ0) is 14.5. The minimum atomic E-state index is 0.277. The van der Waals surface area contributed by atoms with Crippen molar-refractivity contribution in [3.63, 3.8) is 0 Å². The molecule has 0 aromatic heterocycles. The van der Waals surface area contributed by atoms with Crippen molar-refractivity contribution in [3.8, 4) is 5.75 Å². The molecule has 0 saturated carbocycles. The molecule has 1 N–H and O–H groups in total. The van der Waals surface area contributed by atoms with Crippen molar-refractivity contribution < 1.29 is 4.74 Å². The van der Waals surface area contributed by atoms with Gasteiger partial charge < -0.3 is 10.1 Å². The summed E-state index contributed by atoms with van der Waals surface area (Å²) >= 11 is 6.04. The summed E-state index contributed by atoms with van der Waals surface area (Å²) in [5, 5.41) is 4.23. The van der Waals surface area contributed by atoms with Crippen molar-refractivity contribution >= 4 is 11.6 Å². The van der Waals surface area contributed by atoms with Gasteiger partial charge in [-0.05, 0) is 37.6 Å². The van der Waals surface area contributed by atoms with Crippen LogP contribution in [0.4, 0.5) is 0 Å². The standard InChI is InChI=1S/C17H20ClNO/c1-12-4-6-14(7-5-12)13(2)19-11-15-10-16(18)8-9-17(15)20-3/h4-10,13,19H,11H2,1-3H3. The number of hydrogen-bond acceptors (Lipinski definition) is 2. The molecule has 2 aromatic rings. The van der Waals surface area contributed by atoms with Crippen LogP contribution in [0.25, 0.3) is 0 Å². The van der Waals surface area contributed by atoms with E-state index in [2.05, 4.69) is 43.4 Å². The third-order valence-electron chi connectivity index (χ3n) is 3.42. The van der Waals surface area contributed by atoms with Crippen molar-refractivity contribution in [2.45, 2.75) is 26.4 Å². The summed E-state index contributed by atoms with van der Waals surface area (Å²) in [7, 11) is 1.68. The first kappa shape index (κ1) is 14.9. The van der Waals surface area contributed by atoms with E-state index in [1.54, 1.807) is 7.11 Å². The lowest BCUT2D eigenvalue weighted by Crippen LogP contribution is -2.18. The van der Waals surface area contributed by atoms with E-state index >= 15 is 0 Å². The number of benzene rings is 2. The van der Waals surface area contributed by atoms with E-state index in [9.17, 15) is 0 Å². The van der Waals surface area contributed by atoms with Gasteiger partial charge in [0.2, 0.25) is 0 Å². The summed E-state index contributed by atoms with van der Waals surface area (Å²) in [5.74, 6) is 0.859. The number of methoxy groups -OCH3 is 1. The predicted octanol–water partition coefficient (Wildman–Crippen LogP) is 4.51. The molecule has 0 aliphatic rings. The molecule has 1 unspecified atom stereocenters. The van der Waals surface area contributed by atoms with Gasteiger partial charge in [0.1, 0.15) is 5.75 Å². The van der Waals surface area contributed by atoms with Gasteiger partial charge in [-0.1, -0.05) is 41.4 Å². The highest BCUT2D eigenvalue weighted by Crippen LogP contribution is 2.23. The van der Waals surface area contributed by atoms with Gasteiger partial charge in [0.25, 0.3) is 0 Å². The Labute approximate surface area is 125 Å². The second kappa shape index (κ2) is 6.78. The summed E-state index contributed by atoms with van der Waals surface area (Å²) in [6.45, 7) is 4.97. The Hall–Kier alpha value is -1.51. The SMILES string of the molecule is COc1ccc(Cl)cc1CNC(C)c1ccc(C)cc1. The Morgan fingerprint density at radius 2 is 1.85 bits per heavy atom. The Morgan fingerprint density at radius 3 is 2.50 bits per heavy atom. The van der Waals surface area contributed by atoms with E-state index in [1.165, 1.54) is 11.1 Å². The molecule has 1 atom stereocenters. The van der Waals surface area contributed by atoms with Gasteiger partial charge in [-0.25, -0.2) is 0 Å². The molecule has 0 saturated heterocycles. The summed E-state index contributed by atoms with van der Waals surface area (Å²) in [4.78, 5) is 0. The Kier molecular flexibility index (Phi) is 5.05. The van der Waals surface area contributed by atoms with E-state index < -0.39 is 0 Å². The molecule has 0 fully saturated rings. The van der Waals surface area contributed by atoms with E-state index in [0.29, 0.717) is 0 Å². The minimum absolute atomic E-state index is 0.277. The Bertz CT molecular complexity index is 566. The first-order valence-electron chi connectivity index (χ1n) is 6.72. The second-order valence-corrected chi connectivity index (χ2v) is 5.41. The normalized spacial score (nSPS) is 12.2. The Balaban J connectivity index is 2.04. The van der Waals surface area contributed by atoms with Crippen LogP contribution < -0.4 is 10.1 Å². The fourth-order valence-electron chi connectivity index (χ4n) is 2.12. The van der Waals surface area contributed by atoms with Crippen LogP contribution in [-0.4, -0.2) is 7.11 Å². The summed E-state index contributed by atoms with van der Waals surface area (Å²) in [5.41, 5.74) is 3.62. The summed E-state index contributed by atoms with van der Waals surface area (Å²) in [6.07, 6.45) is 0.